The molecule has 1 aromatic carbocycles. The van der Waals surface area contributed by atoms with Gasteiger partial charge in [0.25, 0.3) is 0 Å². The Morgan fingerprint density at radius 2 is 1.74 bits per heavy atom. The molecule has 0 N–H and O–H groups in total. The molecule has 0 aliphatic carbocycles. The van der Waals surface area contributed by atoms with E-state index in [9.17, 15) is 9.59 Å². The van der Waals surface area contributed by atoms with E-state index in [1.54, 1.807) is 4.90 Å². The van der Waals surface area contributed by atoms with Crippen molar-refractivity contribution in [3.8, 4) is 0 Å². The summed E-state index contributed by atoms with van der Waals surface area (Å²) in [6, 6.07) is 11.3. The maximum Gasteiger partial charge on any atom is 0.409 e. The van der Waals surface area contributed by atoms with Crippen LogP contribution in [0.15, 0.2) is 30.3 Å². The molecule has 0 spiro atoms. The van der Waals surface area contributed by atoms with Gasteiger partial charge in [-0.05, 0) is 38.3 Å². The first kappa shape index (κ1) is 18.3. The molecule has 3 heterocycles. The Morgan fingerprint density at radius 1 is 1.04 bits per heavy atom. The molecule has 0 radical (unpaired) electrons. The third kappa shape index (κ3) is 3.55. The van der Waals surface area contributed by atoms with Crippen molar-refractivity contribution in [2.75, 3.05) is 39.3 Å². The number of carbonyl (C=O) groups excluding carboxylic acids is 2. The van der Waals surface area contributed by atoms with Gasteiger partial charge in [0.1, 0.15) is 0 Å². The van der Waals surface area contributed by atoms with E-state index in [4.69, 9.17) is 4.74 Å². The maximum absolute atomic E-state index is 13.3. The number of piperazine rings is 1. The number of carbonyl (C=O) groups is 2. The highest BCUT2D eigenvalue weighted by Gasteiger charge is 2.48. The molecule has 3 aliphatic heterocycles. The van der Waals surface area contributed by atoms with Crippen molar-refractivity contribution in [1.82, 2.24) is 14.7 Å². The summed E-state index contributed by atoms with van der Waals surface area (Å²) in [7, 11) is 0. The van der Waals surface area contributed by atoms with Gasteiger partial charge in [0.15, 0.2) is 0 Å². The fourth-order valence-electron chi connectivity index (χ4n) is 4.99. The Balaban J connectivity index is 1.41. The van der Waals surface area contributed by atoms with Crippen molar-refractivity contribution < 1.29 is 14.3 Å². The van der Waals surface area contributed by atoms with E-state index >= 15 is 0 Å². The number of ether oxygens (including phenoxy) is 1. The summed E-state index contributed by atoms with van der Waals surface area (Å²) < 4.78 is 5.07. The van der Waals surface area contributed by atoms with Gasteiger partial charge in [0.05, 0.1) is 12.5 Å². The van der Waals surface area contributed by atoms with Gasteiger partial charge in [-0.2, -0.15) is 0 Å². The molecule has 0 saturated carbocycles. The zero-order chi connectivity index (χ0) is 18.8. The van der Waals surface area contributed by atoms with Gasteiger partial charge in [-0.1, -0.05) is 30.3 Å². The average molecular weight is 371 g/mol. The standard InChI is InChI=1S/C21H29N3O3/c1-2-27-21(26)23-13-11-22(12-14-23)20(25)17-15-19(16-7-4-3-5-8-16)24-10-6-9-18(17)24/h3-5,7-8,17-19H,2,6,9-15H2,1H3/t17-,18+,19-/m1/s1. The third-order valence-electron chi connectivity index (χ3n) is 6.30. The van der Waals surface area contributed by atoms with Gasteiger partial charge in [0.2, 0.25) is 5.91 Å². The number of nitrogens with zero attached hydrogens (tertiary/aromatic N) is 3. The number of rotatable bonds is 3. The van der Waals surface area contributed by atoms with Crippen LogP contribution >= 0.6 is 0 Å². The first-order valence-electron chi connectivity index (χ1n) is 10.2. The van der Waals surface area contributed by atoms with Crippen LogP contribution in [-0.2, 0) is 9.53 Å². The van der Waals surface area contributed by atoms with Crippen molar-refractivity contribution in [2.45, 2.75) is 38.3 Å². The van der Waals surface area contributed by atoms with Crippen molar-refractivity contribution in [2.24, 2.45) is 5.92 Å². The minimum absolute atomic E-state index is 0.0758. The molecule has 0 aromatic heterocycles. The number of amides is 2. The number of hydrogen-bond acceptors (Lipinski definition) is 4. The summed E-state index contributed by atoms with van der Waals surface area (Å²) in [5.74, 6) is 0.348. The van der Waals surface area contributed by atoms with Gasteiger partial charge in [-0.3, -0.25) is 9.69 Å². The molecule has 1 aromatic rings. The summed E-state index contributed by atoms with van der Waals surface area (Å²) in [4.78, 5) is 31.4. The lowest BCUT2D eigenvalue weighted by Crippen LogP contribution is -2.53. The quantitative estimate of drug-likeness (QED) is 0.819. The largest absolute Gasteiger partial charge is 0.450 e. The van der Waals surface area contributed by atoms with E-state index in [0.29, 0.717) is 44.9 Å². The Hall–Kier alpha value is -2.08. The predicted molar refractivity (Wildman–Crippen MR) is 102 cm³/mol. The molecule has 3 fully saturated rings. The molecule has 0 unspecified atom stereocenters. The third-order valence-corrected chi connectivity index (χ3v) is 6.30. The Bertz CT molecular complexity index is 673. The summed E-state index contributed by atoms with van der Waals surface area (Å²) in [6.45, 7) is 5.63. The number of fused-ring (bicyclic) bond motifs is 1. The van der Waals surface area contributed by atoms with E-state index in [1.165, 1.54) is 12.0 Å². The molecule has 6 heteroatoms. The van der Waals surface area contributed by atoms with Gasteiger partial charge in [-0.15, -0.1) is 0 Å². The Labute approximate surface area is 161 Å². The summed E-state index contributed by atoms with van der Waals surface area (Å²) in [5, 5.41) is 0. The fraction of sp³-hybridized carbons (Fsp3) is 0.619. The summed E-state index contributed by atoms with van der Waals surface area (Å²) in [5.41, 5.74) is 1.33. The topological polar surface area (TPSA) is 53.1 Å². The SMILES string of the molecule is CCOC(=O)N1CCN(C(=O)[C@@H]2C[C@H](c3ccccc3)N3CCC[C@@H]23)CC1. The predicted octanol–water partition coefficient (Wildman–Crippen LogP) is 2.51. The van der Waals surface area contributed by atoms with Crippen LogP contribution < -0.4 is 0 Å². The zero-order valence-electron chi connectivity index (χ0n) is 16.0. The second-order valence-electron chi connectivity index (χ2n) is 7.73. The molecular formula is C21H29N3O3. The molecule has 6 nitrogen and oxygen atoms in total. The van der Waals surface area contributed by atoms with Crippen LogP contribution in [0.1, 0.15) is 37.8 Å². The highest BCUT2D eigenvalue weighted by Crippen LogP contribution is 2.45. The normalized spacial score (nSPS) is 28.3. The Morgan fingerprint density at radius 3 is 2.44 bits per heavy atom. The van der Waals surface area contributed by atoms with Gasteiger partial charge < -0.3 is 14.5 Å². The molecule has 0 bridgehead atoms. The first-order valence-corrected chi connectivity index (χ1v) is 10.2. The number of benzene rings is 1. The van der Waals surface area contributed by atoms with Gasteiger partial charge in [0, 0.05) is 38.3 Å². The summed E-state index contributed by atoms with van der Waals surface area (Å²) in [6.07, 6.45) is 2.93. The van der Waals surface area contributed by atoms with E-state index in [-0.39, 0.29) is 17.9 Å². The molecule has 146 valence electrons. The molecule has 2 amide bonds. The molecule has 3 atom stereocenters. The van der Waals surface area contributed by atoms with Crippen molar-refractivity contribution in [3.63, 3.8) is 0 Å². The fourth-order valence-corrected chi connectivity index (χ4v) is 4.99. The smallest absolute Gasteiger partial charge is 0.409 e. The highest BCUT2D eigenvalue weighted by molar-refractivity contribution is 5.80. The van der Waals surface area contributed by atoms with Gasteiger partial charge >= 0.3 is 6.09 Å². The van der Waals surface area contributed by atoms with Crippen LogP contribution in [-0.4, -0.2) is 72.1 Å². The molecule has 3 aliphatic rings. The monoisotopic (exact) mass is 371 g/mol. The molecule has 27 heavy (non-hydrogen) atoms. The van der Waals surface area contributed by atoms with Crippen LogP contribution in [0.25, 0.3) is 0 Å². The Kier molecular flexibility index (Phi) is 5.34. The lowest BCUT2D eigenvalue weighted by atomic mass is 9.93. The van der Waals surface area contributed by atoms with Crippen molar-refractivity contribution in [3.05, 3.63) is 35.9 Å². The van der Waals surface area contributed by atoms with Crippen LogP contribution in [0.5, 0.6) is 0 Å². The molecule has 4 rings (SSSR count). The van der Waals surface area contributed by atoms with Crippen molar-refractivity contribution >= 4 is 12.0 Å². The minimum atomic E-state index is -0.267. The molecular weight excluding hydrogens is 342 g/mol. The highest BCUT2D eigenvalue weighted by atomic mass is 16.6. The first-order chi connectivity index (χ1) is 13.2. The second kappa shape index (κ2) is 7.89. The average Bonchev–Trinajstić information content (AvgIpc) is 3.31. The van der Waals surface area contributed by atoms with Crippen LogP contribution in [0, 0.1) is 5.92 Å². The van der Waals surface area contributed by atoms with Crippen LogP contribution in [0.2, 0.25) is 0 Å². The van der Waals surface area contributed by atoms with Crippen LogP contribution in [0.4, 0.5) is 4.79 Å². The van der Waals surface area contributed by atoms with Crippen LogP contribution in [0.3, 0.4) is 0 Å². The van der Waals surface area contributed by atoms with E-state index in [1.807, 2.05) is 17.9 Å². The number of hydrogen-bond donors (Lipinski definition) is 0. The lowest BCUT2D eigenvalue weighted by Gasteiger charge is -2.36. The van der Waals surface area contributed by atoms with E-state index in [2.05, 4.69) is 29.2 Å². The minimum Gasteiger partial charge on any atom is -0.450 e. The van der Waals surface area contributed by atoms with E-state index < -0.39 is 0 Å². The van der Waals surface area contributed by atoms with Gasteiger partial charge in [-0.25, -0.2) is 4.79 Å². The zero-order valence-corrected chi connectivity index (χ0v) is 16.0. The van der Waals surface area contributed by atoms with Crippen molar-refractivity contribution in [1.29, 1.82) is 0 Å². The molecule has 3 saturated heterocycles. The summed E-state index contributed by atoms with van der Waals surface area (Å²) >= 11 is 0. The second-order valence-corrected chi connectivity index (χ2v) is 7.73. The maximum atomic E-state index is 13.3. The lowest BCUT2D eigenvalue weighted by molar-refractivity contribution is -0.137. The van der Waals surface area contributed by atoms with E-state index in [0.717, 1.165) is 19.4 Å².